The first kappa shape index (κ1) is 9.13. The van der Waals surface area contributed by atoms with Crippen LogP contribution in [0, 0.1) is 0 Å². The summed E-state index contributed by atoms with van der Waals surface area (Å²) < 4.78 is 3.60. The van der Waals surface area contributed by atoms with Gasteiger partial charge in [0.15, 0.2) is 0 Å². The first-order valence-electron chi connectivity index (χ1n) is 2.48. The molecule has 0 nitrogen and oxygen atoms in total. The van der Waals surface area contributed by atoms with E-state index in [2.05, 4.69) is 12.5 Å². The van der Waals surface area contributed by atoms with Crippen molar-refractivity contribution in [3.05, 3.63) is 3.65 Å². The van der Waals surface area contributed by atoms with Gasteiger partial charge >= 0.3 is 3.65 Å². The highest BCUT2D eigenvalue weighted by molar-refractivity contribution is 8.04. The van der Waals surface area contributed by atoms with Crippen LogP contribution in [0.3, 0.4) is 0 Å². The number of rotatable bonds is 2. The topological polar surface area (TPSA) is 0 Å². The first-order chi connectivity index (χ1) is 4.77. The van der Waals surface area contributed by atoms with Crippen LogP contribution in [0.2, 0.25) is 3.65 Å². The van der Waals surface area contributed by atoms with E-state index in [-0.39, 0.29) is 0 Å². The smallest absolute Gasteiger partial charge is 0.0907 e. The second-order valence-electron chi connectivity index (χ2n) is 1.42. The quantitative estimate of drug-likeness (QED) is 0.551. The van der Waals surface area contributed by atoms with Gasteiger partial charge in [-0.2, -0.15) is 0 Å². The van der Waals surface area contributed by atoms with E-state index in [1.165, 1.54) is 8.42 Å². The van der Waals surface area contributed by atoms with Crippen molar-refractivity contribution >= 4 is 57.8 Å². The highest BCUT2D eigenvalue weighted by atomic mass is 35.5. The van der Waals surface area contributed by atoms with Crippen LogP contribution in [0.5, 0.6) is 0 Å². The Labute approximate surface area is 82.0 Å². The van der Waals surface area contributed by atoms with Gasteiger partial charge in [0.1, 0.15) is 22.7 Å². The predicted molar refractivity (Wildman–Crippen MR) is 55.2 cm³/mol. The molecular formula is C5H6ClS4+. The minimum atomic E-state index is 0.925. The molecule has 0 saturated heterocycles. The molecule has 0 N–H and O–H groups in total. The summed E-state index contributed by atoms with van der Waals surface area (Å²) >= 11 is 12.7. The van der Waals surface area contributed by atoms with Gasteiger partial charge in [-0.25, -0.2) is 0 Å². The molecule has 1 heterocycles. The van der Waals surface area contributed by atoms with Crippen LogP contribution < -0.4 is 0 Å². The molecule has 0 unspecified atom stereocenters. The summed E-state index contributed by atoms with van der Waals surface area (Å²) in [6, 6.07) is 0. The van der Waals surface area contributed by atoms with E-state index in [1.807, 2.05) is 0 Å². The highest BCUT2D eigenvalue weighted by Crippen LogP contribution is 2.42. The van der Waals surface area contributed by atoms with Crippen LogP contribution in [0.1, 0.15) is 0 Å². The highest BCUT2D eigenvalue weighted by Gasteiger charge is 2.19. The molecule has 0 aliphatic heterocycles. The molecule has 1 aromatic heterocycles. The lowest BCUT2D eigenvalue weighted by Gasteiger charge is -1.81. The van der Waals surface area contributed by atoms with Gasteiger partial charge in [-0.3, -0.25) is 0 Å². The van der Waals surface area contributed by atoms with Crippen molar-refractivity contribution < 1.29 is 0 Å². The number of thioether (sulfide) groups is 2. The minimum absolute atomic E-state index is 0.925. The summed E-state index contributed by atoms with van der Waals surface area (Å²) in [7, 11) is 0. The largest absolute Gasteiger partial charge is 0.349 e. The average Bonchev–Trinajstić information content (AvgIpc) is 2.30. The lowest BCUT2D eigenvalue weighted by atomic mass is 11.1. The molecule has 5 heteroatoms. The van der Waals surface area contributed by atoms with Gasteiger partial charge in [-0.1, -0.05) is 23.5 Å². The summed E-state index contributed by atoms with van der Waals surface area (Å²) in [6.45, 7) is 0. The molecule has 0 atom stereocenters. The van der Waals surface area contributed by atoms with Crippen molar-refractivity contribution in [2.24, 2.45) is 0 Å². The van der Waals surface area contributed by atoms with Gasteiger partial charge in [0, 0.05) is 0 Å². The number of hydrogen-bond donors (Lipinski definition) is 0. The monoisotopic (exact) mass is 229 g/mol. The Morgan fingerprint density at radius 1 is 1.40 bits per heavy atom. The fourth-order valence-corrected chi connectivity index (χ4v) is 5.68. The van der Waals surface area contributed by atoms with Crippen LogP contribution in [0.15, 0.2) is 8.42 Å². The van der Waals surface area contributed by atoms with E-state index >= 15 is 0 Å². The Hall–Kier alpha value is 1.04. The number of halogens is 1. The molecule has 1 rings (SSSR count). The average molecular weight is 230 g/mol. The maximum Gasteiger partial charge on any atom is 0.349 e. The fourth-order valence-electron chi connectivity index (χ4n) is 0.500. The van der Waals surface area contributed by atoms with Crippen molar-refractivity contribution in [1.29, 1.82) is 0 Å². The van der Waals surface area contributed by atoms with Crippen LogP contribution >= 0.6 is 57.8 Å². The second-order valence-corrected chi connectivity index (χ2v) is 6.70. The Morgan fingerprint density at radius 2 is 2.10 bits per heavy atom. The molecule has 0 amide bonds. The third-order valence-corrected chi connectivity index (χ3v) is 6.11. The first-order valence-corrected chi connectivity index (χ1v) is 6.94. The Kier molecular flexibility index (Phi) is 3.80. The van der Waals surface area contributed by atoms with Crippen molar-refractivity contribution in [3.63, 3.8) is 0 Å². The van der Waals surface area contributed by atoms with E-state index in [0.29, 0.717) is 0 Å². The summed E-state index contributed by atoms with van der Waals surface area (Å²) in [6.07, 6.45) is 4.16. The van der Waals surface area contributed by atoms with E-state index in [9.17, 15) is 0 Å². The molecular weight excluding hydrogens is 224 g/mol. The molecule has 10 heavy (non-hydrogen) atoms. The SMILES string of the molecule is CSc1sc(Cl)[s+]c1SC. The van der Waals surface area contributed by atoms with Crippen molar-refractivity contribution in [3.8, 4) is 0 Å². The second kappa shape index (κ2) is 4.16. The predicted octanol–water partition coefficient (Wildman–Crippen LogP) is 4.19. The zero-order chi connectivity index (χ0) is 7.56. The molecule has 1 aromatic rings. The van der Waals surface area contributed by atoms with Gasteiger partial charge in [0.2, 0.25) is 8.42 Å². The molecule has 56 valence electrons. The van der Waals surface area contributed by atoms with Crippen LogP contribution in [-0.4, -0.2) is 12.5 Å². The minimum Gasteiger partial charge on any atom is -0.0907 e. The Bertz CT molecular complexity index is 198. The van der Waals surface area contributed by atoms with Crippen LogP contribution in [0.4, 0.5) is 0 Å². The lowest BCUT2D eigenvalue weighted by molar-refractivity contribution is 1.54. The van der Waals surface area contributed by atoms with Gasteiger partial charge in [-0.05, 0) is 24.1 Å². The molecule has 0 saturated carbocycles. The molecule has 0 fully saturated rings. The van der Waals surface area contributed by atoms with Crippen molar-refractivity contribution in [2.75, 3.05) is 12.5 Å². The zero-order valence-corrected chi connectivity index (χ0v) is 9.53. The number of hydrogen-bond acceptors (Lipinski definition) is 3. The molecule has 0 aliphatic carbocycles. The Morgan fingerprint density at radius 3 is 2.50 bits per heavy atom. The van der Waals surface area contributed by atoms with Crippen molar-refractivity contribution in [1.82, 2.24) is 0 Å². The van der Waals surface area contributed by atoms with Crippen LogP contribution in [-0.2, 0) is 0 Å². The summed E-state index contributed by atoms with van der Waals surface area (Å²) in [5, 5.41) is 0. The molecule has 0 bridgehead atoms. The van der Waals surface area contributed by atoms with E-state index in [1.54, 1.807) is 46.2 Å². The molecule has 0 radical (unpaired) electrons. The van der Waals surface area contributed by atoms with Gasteiger partial charge in [0.25, 0.3) is 0 Å². The third-order valence-electron chi connectivity index (χ3n) is 0.883. The summed E-state index contributed by atoms with van der Waals surface area (Å²) in [5.41, 5.74) is 0. The van der Waals surface area contributed by atoms with Gasteiger partial charge < -0.3 is 0 Å². The van der Waals surface area contributed by atoms with E-state index in [0.717, 1.165) is 3.65 Å². The van der Waals surface area contributed by atoms with E-state index in [4.69, 9.17) is 11.6 Å². The fraction of sp³-hybridized carbons (Fsp3) is 0.400. The standard InChI is InChI=1S/C5H6ClS4/c1-7-3-4(8-2)10-5(6)9-3/h1-2H3/q+1. The maximum absolute atomic E-state index is 5.83. The third kappa shape index (κ3) is 2.01. The summed E-state index contributed by atoms with van der Waals surface area (Å²) in [5.74, 6) is 0. The normalized spacial score (nSPS) is 10.3. The van der Waals surface area contributed by atoms with Crippen LogP contribution in [0.25, 0.3) is 0 Å². The maximum atomic E-state index is 5.83. The summed E-state index contributed by atoms with van der Waals surface area (Å²) in [4.78, 5) is 0. The lowest BCUT2D eigenvalue weighted by Crippen LogP contribution is -1.59. The van der Waals surface area contributed by atoms with Gasteiger partial charge in [-0.15, -0.1) is 0 Å². The zero-order valence-electron chi connectivity index (χ0n) is 5.51. The van der Waals surface area contributed by atoms with Crippen molar-refractivity contribution in [2.45, 2.75) is 8.42 Å². The molecule has 0 aromatic carbocycles. The van der Waals surface area contributed by atoms with E-state index < -0.39 is 0 Å². The molecule has 0 aliphatic rings. The Balaban J connectivity index is 2.96. The van der Waals surface area contributed by atoms with Gasteiger partial charge in [0.05, 0.1) is 0 Å². The molecule has 0 spiro atoms.